The Morgan fingerprint density at radius 1 is 0.857 bits per heavy atom. The predicted octanol–water partition coefficient (Wildman–Crippen LogP) is 4.26. The topological polar surface area (TPSA) is 108 Å². The van der Waals surface area contributed by atoms with Gasteiger partial charge in [-0.05, 0) is 47.4 Å². The predicted molar refractivity (Wildman–Crippen MR) is 136 cm³/mol. The smallest absolute Gasteiger partial charge is 0.318 e. The van der Waals surface area contributed by atoms with Crippen LogP contribution in [0.2, 0.25) is 0 Å². The molecule has 180 valence electrons. The highest BCUT2D eigenvalue weighted by Crippen LogP contribution is 2.25. The van der Waals surface area contributed by atoms with Gasteiger partial charge in [-0.15, -0.1) is 4.91 Å². The molecule has 1 aliphatic heterocycles. The fourth-order valence-corrected chi connectivity index (χ4v) is 3.89. The molecule has 3 heterocycles. The zero-order chi connectivity index (χ0) is 25.0. The molecule has 35 heavy (non-hydrogen) atoms. The summed E-state index contributed by atoms with van der Waals surface area (Å²) >= 11 is 0. The van der Waals surface area contributed by atoms with Crippen LogP contribution in [-0.4, -0.2) is 48.0 Å². The van der Waals surface area contributed by atoms with E-state index in [-0.39, 0.29) is 16.9 Å². The number of anilines is 3. The lowest BCUT2D eigenvalue weighted by atomic mass is 9.87. The van der Waals surface area contributed by atoms with E-state index in [4.69, 9.17) is 0 Å². The molecule has 0 unspecified atom stereocenters. The zero-order valence-corrected chi connectivity index (χ0v) is 20.1. The van der Waals surface area contributed by atoms with Crippen LogP contribution in [0.25, 0.3) is 0 Å². The highest BCUT2D eigenvalue weighted by molar-refractivity contribution is 6.04. The number of benzene rings is 1. The van der Waals surface area contributed by atoms with Crippen molar-refractivity contribution in [2.75, 3.05) is 41.3 Å². The summed E-state index contributed by atoms with van der Waals surface area (Å²) in [7, 11) is 0. The van der Waals surface area contributed by atoms with Crippen LogP contribution in [0.1, 0.15) is 47.1 Å². The first-order chi connectivity index (χ1) is 16.7. The average Bonchev–Trinajstić information content (AvgIpc) is 2.88. The Morgan fingerprint density at radius 2 is 1.43 bits per heavy atom. The van der Waals surface area contributed by atoms with Gasteiger partial charge in [0.05, 0.1) is 11.1 Å². The lowest BCUT2D eigenvalue weighted by molar-refractivity contribution is 0.0997. The fourth-order valence-electron chi connectivity index (χ4n) is 3.89. The quantitative estimate of drug-likeness (QED) is 0.553. The summed E-state index contributed by atoms with van der Waals surface area (Å²) in [5.74, 6) is 0.526. The number of piperazine rings is 1. The Hall–Kier alpha value is -4.14. The van der Waals surface area contributed by atoms with E-state index in [0.717, 1.165) is 49.1 Å². The summed E-state index contributed by atoms with van der Waals surface area (Å²) in [6.07, 6.45) is 2.97. The molecule has 1 saturated heterocycles. The molecule has 0 bridgehead atoms. The minimum Gasteiger partial charge on any atom is -0.353 e. The molecule has 2 amide bonds. The highest BCUT2D eigenvalue weighted by Gasteiger charge is 2.20. The molecule has 9 nitrogen and oxygen atoms in total. The number of carbonyl (C=O) groups excluding carboxylic acids is 2. The van der Waals surface area contributed by atoms with Crippen LogP contribution in [0.4, 0.5) is 17.3 Å². The van der Waals surface area contributed by atoms with Crippen molar-refractivity contribution in [2.45, 2.75) is 26.2 Å². The van der Waals surface area contributed by atoms with E-state index in [9.17, 15) is 14.5 Å². The largest absolute Gasteiger partial charge is 0.353 e. The van der Waals surface area contributed by atoms with E-state index in [1.54, 1.807) is 24.4 Å². The van der Waals surface area contributed by atoms with E-state index in [1.807, 2.05) is 24.3 Å². The normalized spacial score (nSPS) is 13.9. The maximum Gasteiger partial charge on any atom is 0.318 e. The van der Waals surface area contributed by atoms with Crippen molar-refractivity contribution in [3.8, 4) is 0 Å². The summed E-state index contributed by atoms with van der Waals surface area (Å²) < 4.78 is 0. The molecule has 0 radical (unpaired) electrons. The van der Waals surface area contributed by atoms with Gasteiger partial charge in [0.15, 0.2) is 0 Å². The number of nitrogens with zero attached hydrogens (tertiary/aromatic N) is 5. The van der Waals surface area contributed by atoms with Gasteiger partial charge in [-0.1, -0.05) is 32.9 Å². The zero-order valence-electron chi connectivity index (χ0n) is 20.1. The van der Waals surface area contributed by atoms with Gasteiger partial charge in [0, 0.05) is 49.4 Å². The third-order valence-corrected chi connectivity index (χ3v) is 6.00. The van der Waals surface area contributed by atoms with Gasteiger partial charge in [0.25, 0.3) is 5.91 Å². The third-order valence-electron chi connectivity index (χ3n) is 6.00. The van der Waals surface area contributed by atoms with Crippen LogP contribution in [0.5, 0.6) is 0 Å². The Bertz CT molecular complexity index is 1210. The maximum absolute atomic E-state index is 12.7. The maximum atomic E-state index is 12.7. The minimum absolute atomic E-state index is 0.000365. The Kier molecular flexibility index (Phi) is 6.86. The molecular formula is C26H28N6O3. The second-order valence-corrected chi connectivity index (χ2v) is 9.47. The lowest BCUT2D eigenvalue weighted by Gasteiger charge is -2.36. The molecule has 1 aromatic carbocycles. The van der Waals surface area contributed by atoms with Gasteiger partial charge in [0.2, 0.25) is 0 Å². The van der Waals surface area contributed by atoms with Crippen molar-refractivity contribution in [1.82, 2.24) is 9.97 Å². The summed E-state index contributed by atoms with van der Waals surface area (Å²) in [6.45, 7) is 9.32. The van der Waals surface area contributed by atoms with E-state index in [0.29, 0.717) is 5.56 Å². The lowest BCUT2D eigenvalue weighted by Crippen LogP contribution is -2.47. The van der Waals surface area contributed by atoms with Gasteiger partial charge in [-0.2, -0.15) is 0 Å². The van der Waals surface area contributed by atoms with E-state index in [2.05, 4.69) is 57.1 Å². The number of amides is 2. The van der Waals surface area contributed by atoms with Gasteiger partial charge in [-0.3, -0.25) is 9.59 Å². The molecule has 0 aliphatic carbocycles. The summed E-state index contributed by atoms with van der Waals surface area (Å²) in [4.78, 5) is 47.5. The second-order valence-electron chi connectivity index (χ2n) is 9.47. The third kappa shape index (κ3) is 5.68. The summed E-state index contributed by atoms with van der Waals surface area (Å²) in [5.41, 5.74) is 2.59. The van der Waals surface area contributed by atoms with E-state index >= 15 is 0 Å². The van der Waals surface area contributed by atoms with Crippen LogP contribution in [-0.2, 0) is 5.41 Å². The van der Waals surface area contributed by atoms with E-state index in [1.165, 1.54) is 6.20 Å². The van der Waals surface area contributed by atoms with Gasteiger partial charge in [0.1, 0.15) is 11.6 Å². The van der Waals surface area contributed by atoms with Crippen molar-refractivity contribution >= 4 is 29.1 Å². The van der Waals surface area contributed by atoms with Gasteiger partial charge < -0.3 is 15.1 Å². The first-order valence-corrected chi connectivity index (χ1v) is 11.5. The molecule has 2 aromatic heterocycles. The first-order valence-electron chi connectivity index (χ1n) is 11.5. The first kappa shape index (κ1) is 24.0. The molecule has 1 aliphatic rings. The van der Waals surface area contributed by atoms with Crippen LogP contribution in [0.3, 0.4) is 0 Å². The standard InChI is InChI=1S/C26H28N6O3/c1-26(2,3)20-5-4-6-21(15-20)29-24(33)18-7-9-22(27-16-18)31-11-13-32(14-12-31)23-10-8-19(17-28-23)25(34)30-35/h4-10,15-17H,11-14H2,1-3H3,(H,29,33). The number of hydrogen-bond donors (Lipinski definition) is 1. The van der Waals surface area contributed by atoms with Gasteiger partial charge >= 0.3 is 5.91 Å². The van der Waals surface area contributed by atoms with Crippen molar-refractivity contribution < 1.29 is 9.59 Å². The second kappa shape index (κ2) is 10.0. The molecule has 0 saturated carbocycles. The number of aromatic nitrogens is 2. The molecule has 0 spiro atoms. The molecule has 3 aromatic rings. The average molecular weight is 473 g/mol. The SMILES string of the molecule is CC(C)(C)c1cccc(NC(=O)c2ccc(N3CCN(c4ccc(C(=O)N=O)cn4)CC3)nc2)c1. The van der Waals surface area contributed by atoms with Gasteiger partial charge in [-0.25, -0.2) is 9.97 Å². The van der Waals surface area contributed by atoms with Crippen LogP contribution in [0, 0.1) is 4.91 Å². The number of pyridine rings is 2. The Balaban J connectivity index is 1.34. The molecular weight excluding hydrogens is 444 g/mol. The van der Waals surface area contributed by atoms with Crippen LogP contribution >= 0.6 is 0 Å². The van der Waals surface area contributed by atoms with Crippen molar-refractivity contribution in [2.24, 2.45) is 5.18 Å². The monoisotopic (exact) mass is 472 g/mol. The Labute approximate surface area is 204 Å². The minimum atomic E-state index is -0.824. The van der Waals surface area contributed by atoms with Crippen LogP contribution in [0.15, 0.2) is 66.1 Å². The number of hydrogen-bond acceptors (Lipinski definition) is 7. The van der Waals surface area contributed by atoms with Crippen molar-refractivity contribution in [1.29, 1.82) is 0 Å². The number of nitrogens with one attached hydrogen (secondary N) is 1. The molecule has 0 atom stereocenters. The number of nitroso groups, excluding NO2 is 1. The van der Waals surface area contributed by atoms with E-state index < -0.39 is 5.91 Å². The van der Waals surface area contributed by atoms with Crippen LogP contribution < -0.4 is 15.1 Å². The molecule has 9 heteroatoms. The van der Waals surface area contributed by atoms with Crippen molar-refractivity contribution in [3.63, 3.8) is 0 Å². The molecule has 1 fully saturated rings. The Morgan fingerprint density at radius 3 is 1.91 bits per heavy atom. The molecule has 1 N–H and O–H groups in total. The number of carbonyl (C=O) groups is 2. The molecule has 4 rings (SSSR count). The summed E-state index contributed by atoms with van der Waals surface area (Å²) in [5, 5.41) is 5.37. The fraction of sp³-hybridized carbons (Fsp3) is 0.308. The summed E-state index contributed by atoms with van der Waals surface area (Å²) in [6, 6.07) is 14.8. The van der Waals surface area contributed by atoms with Crippen molar-refractivity contribution in [3.05, 3.63) is 82.5 Å². The highest BCUT2D eigenvalue weighted by atomic mass is 16.3. The number of rotatable bonds is 5.